The smallest absolute Gasteiger partial charge is 0.216 e. The lowest BCUT2D eigenvalue weighted by Crippen LogP contribution is -2.01. The Hall–Kier alpha value is -1.38. The molecule has 2 rings (SSSR count). The Kier molecular flexibility index (Phi) is 4.56. The topological polar surface area (TPSA) is 72.9 Å². The third kappa shape index (κ3) is 3.14. The van der Waals surface area contributed by atoms with Gasteiger partial charge in [0.05, 0.1) is 23.9 Å². The van der Waals surface area contributed by atoms with E-state index in [0.29, 0.717) is 33.1 Å². The quantitative estimate of drug-likeness (QED) is 0.860. The van der Waals surface area contributed by atoms with Gasteiger partial charge in [-0.15, -0.1) is 0 Å². The first kappa shape index (κ1) is 14.0. The van der Waals surface area contributed by atoms with Crippen LogP contribution in [0.2, 0.25) is 0 Å². The minimum absolute atomic E-state index is 0.391. The molecular weight excluding hydrogens is 332 g/mol. The van der Waals surface area contributed by atoms with Crippen LogP contribution < -0.4 is 4.74 Å². The molecule has 1 N–H and O–H groups in total. The summed E-state index contributed by atoms with van der Waals surface area (Å²) < 4.78 is 11.3. The lowest BCUT2D eigenvalue weighted by atomic mass is 10.3. The molecule has 0 aliphatic heterocycles. The molecule has 2 aromatic heterocycles. The summed E-state index contributed by atoms with van der Waals surface area (Å²) in [6, 6.07) is 1.68. The van der Waals surface area contributed by atoms with E-state index in [1.165, 1.54) is 6.33 Å². The number of hydrogen-bond donors (Lipinski definition) is 1. The zero-order valence-electron chi connectivity index (χ0n) is 10.3. The number of ether oxygens (including phenoxy) is 2. The summed E-state index contributed by atoms with van der Waals surface area (Å²) in [5.74, 6) is 1.00. The van der Waals surface area contributed by atoms with Crippen LogP contribution in [-0.2, 0) is 11.3 Å². The Balaban J connectivity index is 2.52. The summed E-state index contributed by atoms with van der Waals surface area (Å²) in [4.78, 5) is 15.5. The summed E-state index contributed by atoms with van der Waals surface area (Å²) in [5.41, 5.74) is 1.40. The molecule has 0 amide bonds. The molecule has 0 spiro atoms. The molecule has 0 aliphatic rings. The van der Waals surface area contributed by atoms with Gasteiger partial charge in [-0.3, -0.25) is 0 Å². The Morgan fingerprint density at radius 1 is 1.37 bits per heavy atom. The van der Waals surface area contributed by atoms with Crippen LogP contribution in [0, 0.1) is 4.64 Å². The second-order valence-corrected chi connectivity index (χ2v) is 4.74. The van der Waals surface area contributed by atoms with Crippen molar-refractivity contribution in [3.8, 4) is 17.4 Å². The fourth-order valence-electron chi connectivity index (χ4n) is 1.45. The fraction of sp³-hybridized carbons (Fsp3) is 0.273. The molecule has 0 saturated heterocycles. The van der Waals surface area contributed by atoms with Crippen LogP contribution in [0.5, 0.6) is 5.88 Å². The van der Waals surface area contributed by atoms with Crippen molar-refractivity contribution in [2.75, 3.05) is 14.2 Å². The molecule has 0 unspecified atom stereocenters. The first-order valence-corrected chi connectivity index (χ1v) is 6.50. The highest BCUT2D eigenvalue weighted by atomic mass is 79.9. The van der Waals surface area contributed by atoms with Gasteiger partial charge in [-0.25, -0.2) is 15.0 Å². The van der Waals surface area contributed by atoms with Gasteiger partial charge in [-0.2, -0.15) is 0 Å². The average Bonchev–Trinajstić information content (AvgIpc) is 2.44. The van der Waals surface area contributed by atoms with E-state index in [0.717, 1.165) is 5.69 Å². The maximum absolute atomic E-state index is 5.20. The number of nitrogens with one attached hydrogen (secondary N) is 1. The molecule has 0 bridgehead atoms. The van der Waals surface area contributed by atoms with Gasteiger partial charge in [-0.05, 0) is 15.9 Å². The van der Waals surface area contributed by atoms with Gasteiger partial charge in [0.1, 0.15) is 16.7 Å². The number of rotatable bonds is 4. The molecule has 0 atom stereocenters. The summed E-state index contributed by atoms with van der Waals surface area (Å²) >= 11 is 8.58. The molecule has 2 aromatic rings. The van der Waals surface area contributed by atoms with Crippen LogP contribution in [0.4, 0.5) is 0 Å². The maximum Gasteiger partial charge on any atom is 0.216 e. The van der Waals surface area contributed by atoms with E-state index in [-0.39, 0.29) is 0 Å². The lowest BCUT2D eigenvalue weighted by molar-refractivity contribution is 0.181. The summed E-state index contributed by atoms with van der Waals surface area (Å²) in [5, 5.41) is 0. The molecule has 2 heterocycles. The van der Waals surface area contributed by atoms with Crippen LogP contribution in [0.3, 0.4) is 0 Å². The largest absolute Gasteiger partial charge is 0.481 e. The molecule has 0 fully saturated rings. The Labute approximate surface area is 123 Å². The molecular formula is C11H11BrN4O2S. The number of aromatic nitrogens is 4. The molecule has 19 heavy (non-hydrogen) atoms. The normalized spacial score (nSPS) is 10.5. The van der Waals surface area contributed by atoms with Crippen LogP contribution in [0.1, 0.15) is 5.69 Å². The lowest BCUT2D eigenvalue weighted by Gasteiger charge is -2.07. The van der Waals surface area contributed by atoms with E-state index in [2.05, 4.69) is 35.9 Å². The highest BCUT2D eigenvalue weighted by Gasteiger charge is 2.10. The standard InChI is InChI=1S/C11H11BrN4O2S/c1-17-4-7-9(12)11(19)16-10(15-7)6-3-8(18-2)14-5-13-6/h3,5H,4H2,1-2H3,(H,15,16,19). The molecule has 6 nitrogen and oxygen atoms in total. The number of halogens is 1. The van der Waals surface area contributed by atoms with Crippen molar-refractivity contribution in [2.45, 2.75) is 6.61 Å². The summed E-state index contributed by atoms with van der Waals surface area (Å²) in [7, 11) is 3.15. The van der Waals surface area contributed by atoms with Crippen molar-refractivity contribution < 1.29 is 9.47 Å². The van der Waals surface area contributed by atoms with Crippen molar-refractivity contribution in [2.24, 2.45) is 0 Å². The molecule has 8 heteroatoms. The van der Waals surface area contributed by atoms with Crippen LogP contribution >= 0.6 is 28.1 Å². The molecule has 100 valence electrons. The third-order valence-electron chi connectivity index (χ3n) is 2.32. The zero-order chi connectivity index (χ0) is 13.8. The van der Waals surface area contributed by atoms with E-state index < -0.39 is 0 Å². The van der Waals surface area contributed by atoms with E-state index in [4.69, 9.17) is 21.7 Å². The van der Waals surface area contributed by atoms with Gasteiger partial charge in [0.15, 0.2) is 5.82 Å². The van der Waals surface area contributed by atoms with E-state index in [1.54, 1.807) is 20.3 Å². The Morgan fingerprint density at radius 3 is 2.84 bits per heavy atom. The van der Waals surface area contributed by atoms with Gasteiger partial charge in [-0.1, -0.05) is 12.2 Å². The minimum atomic E-state index is 0.391. The van der Waals surface area contributed by atoms with E-state index in [1.807, 2.05) is 0 Å². The van der Waals surface area contributed by atoms with E-state index in [9.17, 15) is 0 Å². The molecule has 0 saturated carbocycles. The molecule has 0 aliphatic carbocycles. The highest BCUT2D eigenvalue weighted by molar-refractivity contribution is 9.10. The Morgan fingerprint density at radius 2 is 2.16 bits per heavy atom. The number of aromatic amines is 1. The molecule has 0 radical (unpaired) electrons. The first-order chi connectivity index (χ1) is 9.15. The van der Waals surface area contributed by atoms with Gasteiger partial charge in [0.25, 0.3) is 0 Å². The summed E-state index contributed by atoms with van der Waals surface area (Å²) in [6.45, 7) is 0.391. The van der Waals surface area contributed by atoms with Crippen molar-refractivity contribution in [1.82, 2.24) is 19.9 Å². The minimum Gasteiger partial charge on any atom is -0.481 e. The Bertz CT molecular complexity index is 647. The second-order valence-electron chi connectivity index (χ2n) is 3.56. The van der Waals surface area contributed by atoms with Gasteiger partial charge in [0.2, 0.25) is 5.88 Å². The fourth-order valence-corrected chi connectivity index (χ4v) is 1.97. The predicted octanol–water partition coefficient (Wildman–Crippen LogP) is 2.51. The van der Waals surface area contributed by atoms with Crippen molar-refractivity contribution in [3.05, 3.63) is 27.2 Å². The number of hydrogen-bond acceptors (Lipinski definition) is 6. The number of H-pyrrole nitrogens is 1. The average molecular weight is 343 g/mol. The summed E-state index contributed by atoms with van der Waals surface area (Å²) in [6.07, 6.45) is 1.41. The predicted molar refractivity (Wildman–Crippen MR) is 75.4 cm³/mol. The van der Waals surface area contributed by atoms with Gasteiger partial charge < -0.3 is 14.5 Å². The van der Waals surface area contributed by atoms with Crippen molar-refractivity contribution >= 4 is 28.1 Å². The second kappa shape index (κ2) is 6.18. The maximum atomic E-state index is 5.20. The SMILES string of the molecule is COCc1[nH]c(-c2cc(OC)ncn2)nc(=S)c1Br. The van der Waals surface area contributed by atoms with Gasteiger partial charge >= 0.3 is 0 Å². The highest BCUT2D eigenvalue weighted by Crippen LogP contribution is 2.21. The van der Waals surface area contributed by atoms with E-state index >= 15 is 0 Å². The van der Waals surface area contributed by atoms with Crippen molar-refractivity contribution in [3.63, 3.8) is 0 Å². The molecule has 0 aromatic carbocycles. The van der Waals surface area contributed by atoms with Crippen LogP contribution in [0.15, 0.2) is 16.9 Å². The van der Waals surface area contributed by atoms with Crippen LogP contribution in [-0.4, -0.2) is 34.2 Å². The monoisotopic (exact) mass is 342 g/mol. The van der Waals surface area contributed by atoms with Crippen LogP contribution in [0.25, 0.3) is 11.5 Å². The van der Waals surface area contributed by atoms with Gasteiger partial charge in [0, 0.05) is 13.2 Å². The van der Waals surface area contributed by atoms with Crippen molar-refractivity contribution in [1.29, 1.82) is 0 Å². The third-order valence-corrected chi connectivity index (χ3v) is 3.73. The zero-order valence-corrected chi connectivity index (χ0v) is 12.7. The first-order valence-electron chi connectivity index (χ1n) is 5.29. The number of methoxy groups -OCH3 is 2. The number of nitrogens with zero attached hydrogens (tertiary/aromatic N) is 3.